The van der Waals surface area contributed by atoms with Gasteiger partial charge in [0.05, 0.1) is 11.8 Å². The molecule has 1 aromatic heterocycles. The number of carbonyl (C=O) groups excluding carboxylic acids is 1. The van der Waals surface area contributed by atoms with E-state index in [1.807, 2.05) is 24.3 Å². The summed E-state index contributed by atoms with van der Waals surface area (Å²) in [5.74, 6) is 0.762. The molecule has 0 amide bonds. The van der Waals surface area contributed by atoms with Crippen LogP contribution in [0.3, 0.4) is 0 Å². The van der Waals surface area contributed by atoms with Crippen molar-refractivity contribution in [3.8, 4) is 5.75 Å². The molecule has 1 fully saturated rings. The van der Waals surface area contributed by atoms with E-state index in [2.05, 4.69) is 16.5 Å². The Kier molecular flexibility index (Phi) is 3.78. The molecular weight excluding hydrogens is 272 g/mol. The Morgan fingerprint density at radius 3 is 3.05 bits per heavy atom. The molecule has 0 N–H and O–H groups in total. The van der Waals surface area contributed by atoms with Gasteiger partial charge in [-0.25, -0.2) is 0 Å². The summed E-state index contributed by atoms with van der Waals surface area (Å²) in [6.45, 7) is 2.07. The highest BCUT2D eigenvalue weighted by Gasteiger charge is 2.24. The third-order valence-corrected chi connectivity index (χ3v) is 3.94. The SMILES string of the molecule is CCCc1nnsc1C(=O)c1cccc(OC2CC2)c1. The largest absolute Gasteiger partial charge is 0.490 e. The van der Waals surface area contributed by atoms with Crippen LogP contribution in [-0.2, 0) is 6.42 Å². The zero-order valence-electron chi connectivity index (χ0n) is 11.3. The van der Waals surface area contributed by atoms with Crippen molar-refractivity contribution in [2.45, 2.75) is 38.7 Å². The van der Waals surface area contributed by atoms with E-state index in [1.54, 1.807) is 0 Å². The maximum Gasteiger partial charge on any atom is 0.206 e. The molecule has 5 heteroatoms. The summed E-state index contributed by atoms with van der Waals surface area (Å²) in [7, 11) is 0. The summed E-state index contributed by atoms with van der Waals surface area (Å²) in [6.07, 6.45) is 4.29. The van der Waals surface area contributed by atoms with E-state index in [0.29, 0.717) is 16.5 Å². The Balaban J connectivity index is 1.83. The van der Waals surface area contributed by atoms with Gasteiger partial charge in [-0.3, -0.25) is 4.79 Å². The van der Waals surface area contributed by atoms with Gasteiger partial charge in [0.1, 0.15) is 10.6 Å². The Hall–Kier alpha value is -1.75. The fraction of sp³-hybridized carbons (Fsp3) is 0.400. The number of aromatic nitrogens is 2. The summed E-state index contributed by atoms with van der Waals surface area (Å²) in [4.78, 5) is 13.2. The number of nitrogens with zero attached hydrogens (tertiary/aromatic N) is 2. The molecule has 0 bridgehead atoms. The lowest BCUT2D eigenvalue weighted by atomic mass is 10.1. The second-order valence-electron chi connectivity index (χ2n) is 4.97. The van der Waals surface area contributed by atoms with Crippen LogP contribution >= 0.6 is 11.5 Å². The van der Waals surface area contributed by atoms with Gasteiger partial charge >= 0.3 is 0 Å². The van der Waals surface area contributed by atoms with Gasteiger partial charge in [0.25, 0.3) is 0 Å². The van der Waals surface area contributed by atoms with Crippen LogP contribution in [0.15, 0.2) is 24.3 Å². The first kappa shape index (κ1) is 13.2. The lowest BCUT2D eigenvalue weighted by molar-refractivity contribution is 0.104. The lowest BCUT2D eigenvalue weighted by Gasteiger charge is -2.06. The molecule has 1 saturated carbocycles. The highest BCUT2D eigenvalue weighted by molar-refractivity contribution is 7.08. The molecular formula is C15H16N2O2S. The van der Waals surface area contributed by atoms with Gasteiger partial charge in [0, 0.05) is 5.56 Å². The molecule has 1 aliphatic carbocycles. The minimum atomic E-state index is -0.00954. The third-order valence-electron chi connectivity index (χ3n) is 3.17. The van der Waals surface area contributed by atoms with E-state index < -0.39 is 0 Å². The number of hydrogen-bond donors (Lipinski definition) is 0. The number of rotatable bonds is 6. The molecule has 0 radical (unpaired) electrons. The molecule has 1 aromatic carbocycles. The zero-order valence-corrected chi connectivity index (χ0v) is 12.2. The van der Waals surface area contributed by atoms with Crippen molar-refractivity contribution in [3.05, 3.63) is 40.4 Å². The van der Waals surface area contributed by atoms with Gasteiger partial charge in [-0.15, -0.1) is 5.10 Å². The number of benzene rings is 1. The number of ketones is 1. The van der Waals surface area contributed by atoms with Gasteiger partial charge in [-0.2, -0.15) is 0 Å². The molecule has 2 aromatic rings. The van der Waals surface area contributed by atoms with Crippen LogP contribution in [0.1, 0.15) is 47.1 Å². The van der Waals surface area contributed by atoms with E-state index >= 15 is 0 Å². The molecule has 1 heterocycles. The minimum absolute atomic E-state index is 0.00954. The number of hydrogen-bond acceptors (Lipinski definition) is 5. The Bertz CT molecular complexity index is 620. The Morgan fingerprint density at radius 2 is 2.30 bits per heavy atom. The first-order valence-electron chi connectivity index (χ1n) is 6.90. The van der Waals surface area contributed by atoms with E-state index in [-0.39, 0.29) is 5.78 Å². The van der Waals surface area contributed by atoms with Gasteiger partial charge in [-0.05, 0) is 42.9 Å². The van der Waals surface area contributed by atoms with Crippen LogP contribution < -0.4 is 4.74 Å². The first-order chi connectivity index (χ1) is 9.78. The van der Waals surface area contributed by atoms with Gasteiger partial charge in [0.2, 0.25) is 5.78 Å². The van der Waals surface area contributed by atoms with Crippen molar-refractivity contribution < 1.29 is 9.53 Å². The van der Waals surface area contributed by atoms with E-state index in [0.717, 1.165) is 37.1 Å². The summed E-state index contributed by atoms with van der Waals surface area (Å²) >= 11 is 1.17. The second kappa shape index (κ2) is 5.71. The quantitative estimate of drug-likeness (QED) is 0.766. The molecule has 0 saturated heterocycles. The smallest absolute Gasteiger partial charge is 0.206 e. The summed E-state index contributed by atoms with van der Waals surface area (Å²) in [6, 6.07) is 7.39. The normalized spacial score (nSPS) is 14.2. The predicted molar refractivity (Wildman–Crippen MR) is 77.4 cm³/mol. The van der Waals surface area contributed by atoms with Gasteiger partial charge in [-0.1, -0.05) is 30.0 Å². The first-order valence-corrected chi connectivity index (χ1v) is 7.68. The van der Waals surface area contributed by atoms with E-state index in [1.165, 1.54) is 11.5 Å². The molecule has 4 nitrogen and oxygen atoms in total. The Morgan fingerprint density at radius 1 is 1.45 bits per heavy atom. The van der Waals surface area contributed by atoms with Crippen LogP contribution in [0.4, 0.5) is 0 Å². The highest BCUT2D eigenvalue weighted by atomic mass is 32.1. The maximum absolute atomic E-state index is 12.5. The monoisotopic (exact) mass is 288 g/mol. The molecule has 1 aliphatic rings. The molecule has 0 aliphatic heterocycles. The van der Waals surface area contributed by atoms with Crippen LogP contribution in [0, 0.1) is 0 Å². The number of aryl methyl sites for hydroxylation is 1. The fourth-order valence-corrected chi connectivity index (χ4v) is 2.67. The zero-order chi connectivity index (χ0) is 13.9. The third kappa shape index (κ3) is 2.88. The summed E-state index contributed by atoms with van der Waals surface area (Å²) < 4.78 is 9.64. The van der Waals surface area contributed by atoms with Gasteiger partial charge < -0.3 is 4.74 Å². The van der Waals surface area contributed by atoms with Crippen molar-refractivity contribution in [2.75, 3.05) is 0 Å². The predicted octanol–water partition coefficient (Wildman–Crippen LogP) is 3.26. The van der Waals surface area contributed by atoms with Crippen LogP contribution in [0.2, 0.25) is 0 Å². The average Bonchev–Trinajstić information content (AvgIpc) is 3.15. The van der Waals surface area contributed by atoms with Crippen molar-refractivity contribution in [2.24, 2.45) is 0 Å². The van der Waals surface area contributed by atoms with E-state index in [9.17, 15) is 4.79 Å². The standard InChI is InChI=1S/C15H16N2O2S/c1-2-4-13-15(20-17-16-13)14(18)10-5-3-6-12(9-10)19-11-7-8-11/h3,5-6,9,11H,2,4,7-8H2,1H3. The van der Waals surface area contributed by atoms with E-state index in [4.69, 9.17) is 4.74 Å². The summed E-state index contributed by atoms with van der Waals surface area (Å²) in [5, 5.41) is 4.05. The van der Waals surface area contributed by atoms with Gasteiger partial charge in [0.15, 0.2) is 0 Å². The van der Waals surface area contributed by atoms with Crippen LogP contribution in [-0.4, -0.2) is 21.5 Å². The van der Waals surface area contributed by atoms with Crippen molar-refractivity contribution in [3.63, 3.8) is 0 Å². The summed E-state index contributed by atoms with van der Waals surface area (Å²) in [5.41, 5.74) is 1.45. The van der Waals surface area contributed by atoms with Crippen molar-refractivity contribution in [1.82, 2.24) is 9.59 Å². The van der Waals surface area contributed by atoms with Crippen LogP contribution in [0.25, 0.3) is 0 Å². The van der Waals surface area contributed by atoms with Crippen LogP contribution in [0.5, 0.6) is 5.75 Å². The molecule has 0 spiro atoms. The molecule has 0 unspecified atom stereocenters. The molecule has 20 heavy (non-hydrogen) atoms. The average molecular weight is 288 g/mol. The minimum Gasteiger partial charge on any atom is -0.490 e. The number of ether oxygens (including phenoxy) is 1. The maximum atomic E-state index is 12.5. The molecule has 3 rings (SSSR count). The Labute approximate surface area is 122 Å². The fourth-order valence-electron chi connectivity index (χ4n) is 2.00. The highest BCUT2D eigenvalue weighted by Crippen LogP contribution is 2.28. The number of carbonyl (C=O) groups is 1. The molecule has 0 atom stereocenters. The van der Waals surface area contributed by atoms with Crippen molar-refractivity contribution >= 4 is 17.3 Å². The lowest BCUT2D eigenvalue weighted by Crippen LogP contribution is -2.04. The topological polar surface area (TPSA) is 52.1 Å². The molecule has 104 valence electrons. The van der Waals surface area contributed by atoms with Crippen molar-refractivity contribution in [1.29, 1.82) is 0 Å². The second-order valence-corrected chi connectivity index (χ2v) is 5.73.